The zero-order valence-electron chi connectivity index (χ0n) is 17.9. The third-order valence-electron chi connectivity index (χ3n) is 6.31. The lowest BCUT2D eigenvalue weighted by Crippen LogP contribution is -2.52. The molecule has 2 aromatic rings. The lowest BCUT2D eigenvalue weighted by atomic mass is 9.96. The highest BCUT2D eigenvalue weighted by atomic mass is 16.5. The Labute approximate surface area is 173 Å². The van der Waals surface area contributed by atoms with Crippen LogP contribution in [0.2, 0.25) is 0 Å². The maximum atomic E-state index is 5.58. The van der Waals surface area contributed by atoms with Gasteiger partial charge in [-0.05, 0) is 25.3 Å². The molecule has 156 valence electrons. The van der Waals surface area contributed by atoms with Crippen molar-refractivity contribution in [1.29, 1.82) is 0 Å². The minimum absolute atomic E-state index is 0.0680. The van der Waals surface area contributed by atoms with Crippen LogP contribution in [0.5, 0.6) is 5.75 Å². The molecule has 1 aromatic heterocycles. The zero-order chi connectivity index (χ0) is 20.4. The number of para-hydroxylation sites is 1. The van der Waals surface area contributed by atoms with Gasteiger partial charge in [-0.1, -0.05) is 25.1 Å². The van der Waals surface area contributed by atoms with Gasteiger partial charge in [-0.25, -0.2) is 0 Å². The van der Waals surface area contributed by atoms with Crippen molar-refractivity contribution in [2.24, 2.45) is 12.0 Å². The van der Waals surface area contributed by atoms with Crippen molar-refractivity contribution in [2.75, 3.05) is 32.1 Å². The van der Waals surface area contributed by atoms with Crippen LogP contribution in [-0.2, 0) is 12.5 Å². The van der Waals surface area contributed by atoms with E-state index in [2.05, 4.69) is 50.9 Å². The van der Waals surface area contributed by atoms with Gasteiger partial charge in [0.1, 0.15) is 5.75 Å². The summed E-state index contributed by atoms with van der Waals surface area (Å²) >= 11 is 0. The van der Waals surface area contributed by atoms with E-state index < -0.39 is 0 Å². The molecule has 7 heteroatoms. The fourth-order valence-corrected chi connectivity index (χ4v) is 4.42. The van der Waals surface area contributed by atoms with Crippen molar-refractivity contribution in [3.05, 3.63) is 42.2 Å². The summed E-state index contributed by atoms with van der Waals surface area (Å²) in [6, 6.07) is 9.03. The Bertz CT molecular complexity index is 878. The summed E-state index contributed by atoms with van der Waals surface area (Å²) in [5.41, 5.74) is 2.52. The van der Waals surface area contributed by atoms with Gasteiger partial charge in [0.15, 0.2) is 5.96 Å². The molecule has 1 aliphatic carbocycles. The fourth-order valence-electron chi connectivity index (χ4n) is 4.42. The molecule has 1 saturated carbocycles. The van der Waals surface area contributed by atoms with E-state index >= 15 is 0 Å². The van der Waals surface area contributed by atoms with Gasteiger partial charge in [0.2, 0.25) is 0 Å². The SMILES string of the molecule is CN=C(NC1CCCN(c2cnn(C)c2)C1)NC1CC1(C)c1ccccc1OC. The minimum atomic E-state index is 0.0680. The summed E-state index contributed by atoms with van der Waals surface area (Å²) in [5, 5.41) is 11.6. The van der Waals surface area contributed by atoms with Crippen LogP contribution < -0.4 is 20.3 Å². The quantitative estimate of drug-likeness (QED) is 0.600. The van der Waals surface area contributed by atoms with E-state index in [0.717, 1.165) is 44.1 Å². The number of ether oxygens (including phenoxy) is 1. The van der Waals surface area contributed by atoms with Gasteiger partial charge < -0.3 is 20.3 Å². The Hall–Kier alpha value is -2.70. The van der Waals surface area contributed by atoms with Gasteiger partial charge in [-0.2, -0.15) is 5.10 Å². The number of piperidine rings is 1. The van der Waals surface area contributed by atoms with E-state index in [1.165, 1.54) is 11.3 Å². The number of benzene rings is 1. The van der Waals surface area contributed by atoms with E-state index in [0.29, 0.717) is 12.1 Å². The van der Waals surface area contributed by atoms with Crippen molar-refractivity contribution < 1.29 is 4.74 Å². The monoisotopic (exact) mass is 396 g/mol. The van der Waals surface area contributed by atoms with Crippen molar-refractivity contribution in [3.8, 4) is 5.75 Å². The Morgan fingerprint density at radius 2 is 2.14 bits per heavy atom. The van der Waals surface area contributed by atoms with Crippen LogP contribution in [0, 0.1) is 0 Å². The molecule has 7 nitrogen and oxygen atoms in total. The fraction of sp³-hybridized carbons (Fsp3) is 0.545. The highest BCUT2D eigenvalue weighted by Crippen LogP contribution is 2.50. The smallest absolute Gasteiger partial charge is 0.191 e. The van der Waals surface area contributed by atoms with E-state index in [-0.39, 0.29) is 5.41 Å². The topological polar surface area (TPSA) is 66.7 Å². The zero-order valence-corrected chi connectivity index (χ0v) is 17.9. The Morgan fingerprint density at radius 1 is 1.31 bits per heavy atom. The standard InChI is InChI=1S/C22H32N6O/c1-22(18-9-5-6-10-19(18)29-4)12-20(22)26-21(23-2)25-16-8-7-11-28(14-16)17-13-24-27(3)15-17/h5-6,9-10,13,15-16,20H,7-8,11-12,14H2,1-4H3,(H2,23,25,26). The molecule has 1 aromatic carbocycles. The average molecular weight is 397 g/mol. The molecule has 3 atom stereocenters. The van der Waals surface area contributed by atoms with Gasteiger partial charge in [-0.3, -0.25) is 9.67 Å². The van der Waals surface area contributed by atoms with Crippen LogP contribution in [0.25, 0.3) is 0 Å². The van der Waals surface area contributed by atoms with Gasteiger partial charge in [0.25, 0.3) is 0 Å². The number of aliphatic imine (C=N–C) groups is 1. The average Bonchev–Trinajstić information content (AvgIpc) is 3.18. The van der Waals surface area contributed by atoms with Gasteiger partial charge in [0.05, 0.1) is 19.0 Å². The molecular formula is C22H32N6O. The maximum absolute atomic E-state index is 5.58. The van der Waals surface area contributed by atoms with E-state index in [1.807, 2.05) is 37.1 Å². The molecule has 4 rings (SSSR count). The second-order valence-corrected chi connectivity index (χ2v) is 8.39. The second-order valence-electron chi connectivity index (χ2n) is 8.39. The molecular weight excluding hydrogens is 364 g/mol. The van der Waals surface area contributed by atoms with Crippen LogP contribution in [0.1, 0.15) is 31.7 Å². The van der Waals surface area contributed by atoms with Crippen LogP contribution in [0.3, 0.4) is 0 Å². The number of guanidine groups is 1. The predicted octanol–water partition coefficient (Wildman–Crippen LogP) is 2.29. The summed E-state index contributed by atoms with van der Waals surface area (Å²) in [5.74, 6) is 1.84. The van der Waals surface area contributed by atoms with E-state index in [9.17, 15) is 0 Å². The van der Waals surface area contributed by atoms with Gasteiger partial charge in [-0.15, -0.1) is 0 Å². The molecule has 2 N–H and O–H groups in total. The normalized spacial score (nSPS) is 26.9. The lowest BCUT2D eigenvalue weighted by molar-refractivity contribution is 0.404. The molecule has 0 radical (unpaired) electrons. The maximum Gasteiger partial charge on any atom is 0.191 e. The number of anilines is 1. The minimum Gasteiger partial charge on any atom is -0.496 e. The second kappa shape index (κ2) is 7.97. The number of aryl methyl sites for hydroxylation is 1. The van der Waals surface area contributed by atoms with Crippen molar-refractivity contribution in [2.45, 2.75) is 43.7 Å². The first-order valence-corrected chi connectivity index (χ1v) is 10.4. The molecule has 0 amide bonds. The highest BCUT2D eigenvalue weighted by Gasteiger charge is 2.53. The van der Waals surface area contributed by atoms with Crippen molar-refractivity contribution in [3.63, 3.8) is 0 Å². The highest BCUT2D eigenvalue weighted by molar-refractivity contribution is 5.81. The Kier molecular flexibility index (Phi) is 5.39. The van der Waals surface area contributed by atoms with Gasteiger partial charge >= 0.3 is 0 Å². The summed E-state index contributed by atoms with van der Waals surface area (Å²) in [6.07, 6.45) is 7.40. The summed E-state index contributed by atoms with van der Waals surface area (Å²) < 4.78 is 7.44. The largest absolute Gasteiger partial charge is 0.496 e. The van der Waals surface area contributed by atoms with Crippen LogP contribution >= 0.6 is 0 Å². The molecule has 1 saturated heterocycles. The first-order valence-electron chi connectivity index (χ1n) is 10.4. The van der Waals surface area contributed by atoms with Gasteiger partial charge in [0, 0.05) is 56.4 Å². The summed E-state index contributed by atoms with van der Waals surface area (Å²) in [6.45, 7) is 4.33. The number of hydrogen-bond donors (Lipinski definition) is 2. The molecule has 3 unspecified atom stereocenters. The number of nitrogens with zero attached hydrogens (tertiary/aromatic N) is 4. The van der Waals surface area contributed by atoms with Crippen LogP contribution in [0.15, 0.2) is 41.7 Å². The van der Waals surface area contributed by atoms with E-state index in [4.69, 9.17) is 4.74 Å². The number of aromatic nitrogens is 2. The number of rotatable bonds is 5. The lowest BCUT2D eigenvalue weighted by Gasteiger charge is -2.34. The summed E-state index contributed by atoms with van der Waals surface area (Å²) in [7, 11) is 5.55. The van der Waals surface area contributed by atoms with E-state index in [1.54, 1.807) is 7.11 Å². The first-order chi connectivity index (χ1) is 14.0. The molecule has 1 aliphatic heterocycles. The molecule has 2 fully saturated rings. The molecule has 2 heterocycles. The summed E-state index contributed by atoms with van der Waals surface area (Å²) in [4.78, 5) is 6.89. The van der Waals surface area contributed by atoms with Crippen molar-refractivity contribution in [1.82, 2.24) is 20.4 Å². The third kappa shape index (κ3) is 4.04. The molecule has 0 bridgehead atoms. The Balaban J connectivity index is 1.37. The molecule has 0 spiro atoms. The first kappa shape index (κ1) is 19.6. The molecule has 29 heavy (non-hydrogen) atoms. The number of hydrogen-bond acceptors (Lipinski definition) is 4. The Morgan fingerprint density at radius 3 is 2.86 bits per heavy atom. The number of nitrogens with one attached hydrogen (secondary N) is 2. The number of methoxy groups -OCH3 is 1. The predicted molar refractivity (Wildman–Crippen MR) is 117 cm³/mol. The third-order valence-corrected chi connectivity index (χ3v) is 6.31. The van der Waals surface area contributed by atoms with Crippen molar-refractivity contribution >= 4 is 11.6 Å². The molecule has 2 aliphatic rings. The van der Waals surface area contributed by atoms with Crippen LogP contribution in [-0.4, -0.2) is 55.1 Å². The van der Waals surface area contributed by atoms with Crippen LogP contribution in [0.4, 0.5) is 5.69 Å².